The molecule has 1 saturated heterocycles. The fraction of sp³-hybridized carbons (Fsp3) is 1.00. The third-order valence-electron chi connectivity index (χ3n) is 4.05. The Morgan fingerprint density at radius 3 is 2.46 bits per heavy atom. The first-order valence-electron chi connectivity index (χ1n) is 6.14. The van der Waals surface area contributed by atoms with Crippen molar-refractivity contribution in [2.45, 2.75) is 57.9 Å². The summed E-state index contributed by atoms with van der Waals surface area (Å²) in [6.45, 7) is 5.13. The lowest BCUT2D eigenvalue weighted by Gasteiger charge is -2.36. The van der Waals surface area contributed by atoms with Crippen molar-refractivity contribution < 1.29 is 0 Å². The van der Waals surface area contributed by atoms with Crippen LogP contribution in [0.25, 0.3) is 0 Å². The van der Waals surface area contributed by atoms with Crippen LogP contribution in [-0.4, -0.2) is 24.0 Å². The minimum Gasteiger partial charge on any atom is -0.300 e. The Labute approximate surface area is 82.5 Å². The highest BCUT2D eigenvalue weighted by Crippen LogP contribution is 2.28. The normalized spacial score (nSPS) is 32.5. The van der Waals surface area contributed by atoms with Crippen molar-refractivity contribution >= 4 is 0 Å². The van der Waals surface area contributed by atoms with Crippen molar-refractivity contribution in [1.29, 1.82) is 0 Å². The molecule has 0 bridgehead atoms. The molecule has 13 heavy (non-hydrogen) atoms. The van der Waals surface area contributed by atoms with Crippen molar-refractivity contribution in [3.05, 3.63) is 0 Å². The lowest BCUT2D eigenvalue weighted by molar-refractivity contribution is 0.130. The molecule has 0 radical (unpaired) electrons. The first kappa shape index (κ1) is 9.51. The molecule has 1 aliphatic heterocycles. The first-order valence-corrected chi connectivity index (χ1v) is 6.14. The van der Waals surface area contributed by atoms with Crippen molar-refractivity contribution in [2.75, 3.05) is 13.1 Å². The maximum atomic E-state index is 2.76. The van der Waals surface area contributed by atoms with E-state index in [9.17, 15) is 0 Å². The van der Waals surface area contributed by atoms with Gasteiger partial charge in [-0.2, -0.15) is 0 Å². The molecule has 0 amide bonds. The highest BCUT2D eigenvalue weighted by molar-refractivity contribution is 4.82. The van der Waals surface area contributed by atoms with Gasteiger partial charge in [0.1, 0.15) is 0 Å². The third kappa shape index (κ3) is 2.25. The molecule has 0 spiro atoms. The Kier molecular flexibility index (Phi) is 3.26. The summed E-state index contributed by atoms with van der Waals surface area (Å²) in [5.41, 5.74) is 0. The maximum absolute atomic E-state index is 2.76. The van der Waals surface area contributed by atoms with E-state index in [0.717, 1.165) is 12.0 Å². The van der Waals surface area contributed by atoms with Crippen LogP contribution >= 0.6 is 0 Å². The molecular formula is C12H23N. The van der Waals surface area contributed by atoms with E-state index in [-0.39, 0.29) is 0 Å². The minimum absolute atomic E-state index is 0.982. The van der Waals surface area contributed by atoms with Crippen molar-refractivity contribution in [3.8, 4) is 0 Å². The predicted molar refractivity (Wildman–Crippen MR) is 56.8 cm³/mol. The van der Waals surface area contributed by atoms with E-state index in [1.807, 2.05) is 0 Å². The van der Waals surface area contributed by atoms with Gasteiger partial charge in [0.15, 0.2) is 0 Å². The Morgan fingerprint density at radius 1 is 1.00 bits per heavy atom. The molecule has 0 aromatic rings. The van der Waals surface area contributed by atoms with Gasteiger partial charge in [-0.3, -0.25) is 0 Å². The monoisotopic (exact) mass is 181 g/mol. The smallest absolute Gasteiger partial charge is 0.00952 e. The van der Waals surface area contributed by atoms with E-state index in [4.69, 9.17) is 0 Å². The van der Waals surface area contributed by atoms with Gasteiger partial charge in [-0.05, 0) is 51.1 Å². The number of rotatable bonds is 2. The standard InChI is InChI=1S/C12H23N/c1-2-11-5-4-9-13(10-8-11)12-6-3-7-12/h11-12H,2-10H2,1H3. The largest absolute Gasteiger partial charge is 0.300 e. The van der Waals surface area contributed by atoms with Gasteiger partial charge in [0, 0.05) is 6.04 Å². The molecule has 1 nitrogen and oxygen atoms in total. The van der Waals surface area contributed by atoms with E-state index in [0.29, 0.717) is 0 Å². The molecular weight excluding hydrogens is 158 g/mol. The Morgan fingerprint density at radius 2 is 1.85 bits per heavy atom. The van der Waals surface area contributed by atoms with E-state index in [1.54, 1.807) is 0 Å². The van der Waals surface area contributed by atoms with Gasteiger partial charge in [0.25, 0.3) is 0 Å². The average Bonchev–Trinajstić information content (AvgIpc) is 2.27. The molecule has 2 fully saturated rings. The predicted octanol–water partition coefficient (Wildman–Crippen LogP) is 3.05. The van der Waals surface area contributed by atoms with E-state index in [1.165, 1.54) is 58.0 Å². The number of hydrogen-bond donors (Lipinski definition) is 0. The molecule has 76 valence electrons. The highest BCUT2D eigenvalue weighted by Gasteiger charge is 2.26. The van der Waals surface area contributed by atoms with Crippen LogP contribution in [0, 0.1) is 5.92 Å². The lowest BCUT2D eigenvalue weighted by atomic mass is 9.91. The summed E-state index contributed by atoms with van der Waals surface area (Å²) in [4.78, 5) is 2.76. The molecule has 0 N–H and O–H groups in total. The van der Waals surface area contributed by atoms with Crippen LogP contribution < -0.4 is 0 Å². The second-order valence-corrected chi connectivity index (χ2v) is 4.83. The van der Waals surface area contributed by atoms with Gasteiger partial charge < -0.3 is 4.90 Å². The Bertz CT molecular complexity index is 151. The molecule has 2 rings (SSSR count). The van der Waals surface area contributed by atoms with E-state index in [2.05, 4.69) is 11.8 Å². The molecule has 0 aromatic carbocycles. The molecule has 1 aliphatic carbocycles. The summed E-state index contributed by atoms with van der Waals surface area (Å²) in [5.74, 6) is 1.03. The van der Waals surface area contributed by atoms with Crippen LogP contribution in [0.4, 0.5) is 0 Å². The summed E-state index contributed by atoms with van der Waals surface area (Å²) in [5, 5.41) is 0. The third-order valence-corrected chi connectivity index (χ3v) is 4.05. The molecule has 1 atom stereocenters. The van der Waals surface area contributed by atoms with Crippen molar-refractivity contribution in [1.82, 2.24) is 4.90 Å². The average molecular weight is 181 g/mol. The van der Waals surface area contributed by atoms with Crippen molar-refractivity contribution in [2.24, 2.45) is 5.92 Å². The zero-order valence-corrected chi connectivity index (χ0v) is 8.97. The van der Waals surface area contributed by atoms with Gasteiger partial charge in [-0.15, -0.1) is 0 Å². The van der Waals surface area contributed by atoms with Crippen LogP contribution in [0.3, 0.4) is 0 Å². The Hall–Kier alpha value is -0.0400. The van der Waals surface area contributed by atoms with Gasteiger partial charge in [-0.1, -0.05) is 19.8 Å². The van der Waals surface area contributed by atoms with Crippen LogP contribution in [0.1, 0.15) is 51.9 Å². The minimum atomic E-state index is 0.982. The van der Waals surface area contributed by atoms with Crippen LogP contribution in [0.2, 0.25) is 0 Å². The molecule has 1 unspecified atom stereocenters. The van der Waals surface area contributed by atoms with Gasteiger partial charge in [-0.25, -0.2) is 0 Å². The summed E-state index contributed by atoms with van der Waals surface area (Å²) in [6, 6.07) is 0.982. The first-order chi connectivity index (χ1) is 6.40. The van der Waals surface area contributed by atoms with Gasteiger partial charge in [0.2, 0.25) is 0 Å². The number of nitrogens with zero attached hydrogens (tertiary/aromatic N) is 1. The second kappa shape index (κ2) is 4.45. The molecule has 1 saturated carbocycles. The zero-order valence-electron chi connectivity index (χ0n) is 8.97. The summed E-state index contributed by atoms with van der Waals surface area (Å²) < 4.78 is 0. The van der Waals surface area contributed by atoms with Crippen LogP contribution in [0.5, 0.6) is 0 Å². The van der Waals surface area contributed by atoms with Crippen LogP contribution in [0.15, 0.2) is 0 Å². The molecule has 2 aliphatic rings. The second-order valence-electron chi connectivity index (χ2n) is 4.83. The van der Waals surface area contributed by atoms with Crippen molar-refractivity contribution in [3.63, 3.8) is 0 Å². The fourth-order valence-corrected chi connectivity index (χ4v) is 2.71. The quantitative estimate of drug-likeness (QED) is 0.633. The molecule has 0 aromatic heterocycles. The summed E-state index contributed by atoms with van der Waals surface area (Å²) in [7, 11) is 0. The molecule has 1 heterocycles. The van der Waals surface area contributed by atoms with Gasteiger partial charge in [0.05, 0.1) is 0 Å². The lowest BCUT2D eigenvalue weighted by Crippen LogP contribution is -2.40. The molecule has 1 heteroatoms. The summed E-state index contributed by atoms with van der Waals surface area (Å²) >= 11 is 0. The zero-order chi connectivity index (χ0) is 9.10. The van der Waals surface area contributed by atoms with Gasteiger partial charge >= 0.3 is 0 Å². The summed E-state index contributed by atoms with van der Waals surface area (Å²) in [6.07, 6.45) is 10.3. The SMILES string of the molecule is CCC1CCCN(C2CCC2)CC1. The topological polar surface area (TPSA) is 3.24 Å². The number of likely N-dealkylation sites (tertiary alicyclic amines) is 1. The van der Waals surface area contributed by atoms with Crippen LogP contribution in [-0.2, 0) is 0 Å². The van der Waals surface area contributed by atoms with E-state index < -0.39 is 0 Å². The maximum Gasteiger partial charge on any atom is 0.00952 e. The number of hydrogen-bond acceptors (Lipinski definition) is 1. The highest BCUT2D eigenvalue weighted by atomic mass is 15.2. The van der Waals surface area contributed by atoms with E-state index >= 15 is 0 Å². The fourth-order valence-electron chi connectivity index (χ4n) is 2.71. The Balaban J connectivity index is 1.79.